The summed E-state index contributed by atoms with van der Waals surface area (Å²) in [4.78, 5) is 11.7. The van der Waals surface area contributed by atoms with Crippen molar-refractivity contribution in [3.8, 4) is 0 Å². The maximum atomic E-state index is 11.7. The van der Waals surface area contributed by atoms with E-state index in [9.17, 15) is 4.79 Å². The summed E-state index contributed by atoms with van der Waals surface area (Å²) in [5, 5.41) is 6.30. The molecule has 2 aliphatic rings. The van der Waals surface area contributed by atoms with Crippen LogP contribution in [0.5, 0.6) is 0 Å². The summed E-state index contributed by atoms with van der Waals surface area (Å²) < 4.78 is 5.65. The van der Waals surface area contributed by atoms with Gasteiger partial charge in [0.2, 0.25) is 5.91 Å². The minimum atomic E-state index is 0.0488. The van der Waals surface area contributed by atoms with Crippen molar-refractivity contribution < 1.29 is 9.53 Å². The molecule has 2 fully saturated rings. The van der Waals surface area contributed by atoms with E-state index < -0.39 is 0 Å². The maximum Gasteiger partial charge on any atom is 0.246 e. The lowest BCUT2D eigenvalue weighted by atomic mass is 9.81. The van der Waals surface area contributed by atoms with Gasteiger partial charge in [-0.2, -0.15) is 0 Å². The molecule has 1 saturated heterocycles. The summed E-state index contributed by atoms with van der Waals surface area (Å²) in [7, 11) is 0. The highest BCUT2D eigenvalue weighted by Gasteiger charge is 2.18. The quantitative estimate of drug-likeness (QED) is 0.784. The first-order valence-corrected chi connectivity index (χ1v) is 8.33. The van der Waals surface area contributed by atoms with E-state index in [2.05, 4.69) is 17.6 Å². The molecule has 0 spiro atoms. The maximum absolute atomic E-state index is 11.7. The number of nitrogens with one attached hydrogen (secondary N) is 2. The molecular weight excluding hydrogens is 252 g/mol. The van der Waals surface area contributed by atoms with Gasteiger partial charge in [-0.25, -0.2) is 0 Å². The number of ether oxygens (including phenoxy) is 1. The molecule has 0 unspecified atom stereocenters. The summed E-state index contributed by atoms with van der Waals surface area (Å²) in [6, 6.07) is 0. The van der Waals surface area contributed by atoms with E-state index >= 15 is 0 Å². The minimum absolute atomic E-state index is 0.0488. The van der Waals surface area contributed by atoms with Gasteiger partial charge in [-0.05, 0) is 44.2 Å². The number of carbonyl (C=O) groups excluding carboxylic acids is 1. The second-order valence-electron chi connectivity index (χ2n) is 6.52. The van der Waals surface area contributed by atoms with Crippen molar-refractivity contribution in [2.45, 2.75) is 58.0 Å². The Hall–Kier alpha value is -0.610. The summed E-state index contributed by atoms with van der Waals surface area (Å²) in [5.41, 5.74) is 0. The molecule has 0 atom stereocenters. The molecule has 1 saturated carbocycles. The normalized spacial score (nSPS) is 28.2. The van der Waals surface area contributed by atoms with Crippen molar-refractivity contribution in [2.24, 2.45) is 11.8 Å². The van der Waals surface area contributed by atoms with Crippen molar-refractivity contribution in [2.75, 3.05) is 26.2 Å². The number of carbonyl (C=O) groups is 1. The molecule has 20 heavy (non-hydrogen) atoms. The van der Waals surface area contributed by atoms with Gasteiger partial charge in [0.1, 0.15) is 6.61 Å². The third-order valence-corrected chi connectivity index (χ3v) is 4.75. The van der Waals surface area contributed by atoms with E-state index in [0.717, 1.165) is 50.7 Å². The zero-order chi connectivity index (χ0) is 14.2. The van der Waals surface area contributed by atoms with Crippen molar-refractivity contribution in [1.82, 2.24) is 10.6 Å². The highest BCUT2D eigenvalue weighted by molar-refractivity contribution is 5.77. The second kappa shape index (κ2) is 8.63. The van der Waals surface area contributed by atoms with Gasteiger partial charge < -0.3 is 15.4 Å². The van der Waals surface area contributed by atoms with Crippen LogP contribution in [0.25, 0.3) is 0 Å². The van der Waals surface area contributed by atoms with Crippen LogP contribution in [0.4, 0.5) is 0 Å². The predicted molar refractivity (Wildman–Crippen MR) is 80.6 cm³/mol. The summed E-state index contributed by atoms with van der Waals surface area (Å²) >= 11 is 0. The lowest BCUT2D eigenvalue weighted by Gasteiger charge is -2.26. The van der Waals surface area contributed by atoms with Gasteiger partial charge in [0.15, 0.2) is 0 Å². The Labute approximate surface area is 123 Å². The zero-order valence-electron chi connectivity index (χ0n) is 12.8. The van der Waals surface area contributed by atoms with Gasteiger partial charge in [0.25, 0.3) is 0 Å². The van der Waals surface area contributed by atoms with Gasteiger partial charge in [0.05, 0.1) is 6.10 Å². The van der Waals surface area contributed by atoms with Crippen LogP contribution < -0.4 is 10.6 Å². The first-order chi connectivity index (χ1) is 9.74. The van der Waals surface area contributed by atoms with Crippen LogP contribution in [0.1, 0.15) is 51.9 Å². The molecule has 0 aromatic rings. The van der Waals surface area contributed by atoms with E-state index in [1.807, 2.05) is 0 Å². The molecule has 0 aromatic carbocycles. The van der Waals surface area contributed by atoms with Crippen LogP contribution in [-0.2, 0) is 9.53 Å². The smallest absolute Gasteiger partial charge is 0.246 e. The van der Waals surface area contributed by atoms with Crippen molar-refractivity contribution in [1.29, 1.82) is 0 Å². The van der Waals surface area contributed by atoms with E-state index in [1.165, 1.54) is 25.7 Å². The van der Waals surface area contributed by atoms with E-state index in [-0.39, 0.29) is 18.6 Å². The van der Waals surface area contributed by atoms with Crippen molar-refractivity contribution in [3.63, 3.8) is 0 Å². The topological polar surface area (TPSA) is 50.4 Å². The Kier molecular flexibility index (Phi) is 6.80. The first-order valence-electron chi connectivity index (χ1n) is 8.33. The predicted octanol–water partition coefficient (Wildman–Crippen LogP) is 2.09. The average Bonchev–Trinajstić information content (AvgIpc) is 2.48. The van der Waals surface area contributed by atoms with E-state index in [4.69, 9.17) is 4.74 Å². The van der Waals surface area contributed by atoms with E-state index in [0.29, 0.717) is 0 Å². The third kappa shape index (κ3) is 5.80. The first kappa shape index (κ1) is 15.8. The number of rotatable bonds is 6. The molecule has 1 aliphatic heterocycles. The molecule has 0 bridgehead atoms. The van der Waals surface area contributed by atoms with Gasteiger partial charge in [0, 0.05) is 6.54 Å². The molecule has 0 aromatic heterocycles. The highest BCUT2D eigenvalue weighted by atomic mass is 16.5. The summed E-state index contributed by atoms with van der Waals surface area (Å²) in [6.07, 6.45) is 8.83. The highest BCUT2D eigenvalue weighted by Crippen LogP contribution is 2.29. The van der Waals surface area contributed by atoms with Crippen LogP contribution in [0.2, 0.25) is 0 Å². The van der Waals surface area contributed by atoms with Crippen LogP contribution in [0.15, 0.2) is 0 Å². The van der Waals surface area contributed by atoms with Crippen LogP contribution >= 0.6 is 0 Å². The number of amides is 1. The van der Waals surface area contributed by atoms with Gasteiger partial charge >= 0.3 is 0 Å². The van der Waals surface area contributed by atoms with Crippen LogP contribution in [-0.4, -0.2) is 38.3 Å². The number of hydrogen-bond donors (Lipinski definition) is 2. The SMILES string of the molecule is CC1CCC(CCNC(=O)COC2CCNCC2)CC1. The number of hydrogen-bond acceptors (Lipinski definition) is 3. The Morgan fingerprint density at radius 3 is 2.55 bits per heavy atom. The van der Waals surface area contributed by atoms with E-state index in [1.54, 1.807) is 0 Å². The lowest BCUT2D eigenvalue weighted by molar-refractivity contribution is -0.128. The molecule has 4 heteroatoms. The van der Waals surface area contributed by atoms with Gasteiger partial charge in [-0.3, -0.25) is 4.79 Å². The van der Waals surface area contributed by atoms with Gasteiger partial charge in [-0.15, -0.1) is 0 Å². The Morgan fingerprint density at radius 1 is 1.15 bits per heavy atom. The molecule has 1 aliphatic carbocycles. The van der Waals surface area contributed by atoms with Crippen LogP contribution in [0, 0.1) is 11.8 Å². The Morgan fingerprint density at radius 2 is 1.85 bits per heavy atom. The fourth-order valence-corrected chi connectivity index (χ4v) is 3.24. The fourth-order valence-electron chi connectivity index (χ4n) is 3.24. The average molecular weight is 282 g/mol. The molecule has 1 heterocycles. The van der Waals surface area contributed by atoms with Crippen LogP contribution in [0.3, 0.4) is 0 Å². The number of piperidine rings is 1. The summed E-state index contributed by atoms with van der Waals surface area (Å²) in [6.45, 7) is 5.40. The lowest BCUT2D eigenvalue weighted by Crippen LogP contribution is -2.36. The Balaban J connectivity index is 1.49. The summed E-state index contributed by atoms with van der Waals surface area (Å²) in [5.74, 6) is 1.77. The molecular formula is C16H30N2O2. The molecule has 2 N–H and O–H groups in total. The third-order valence-electron chi connectivity index (χ3n) is 4.75. The molecule has 2 rings (SSSR count). The second-order valence-corrected chi connectivity index (χ2v) is 6.52. The molecule has 0 radical (unpaired) electrons. The minimum Gasteiger partial charge on any atom is -0.368 e. The monoisotopic (exact) mass is 282 g/mol. The van der Waals surface area contributed by atoms with Gasteiger partial charge in [-0.1, -0.05) is 32.6 Å². The van der Waals surface area contributed by atoms with Crippen molar-refractivity contribution in [3.05, 3.63) is 0 Å². The molecule has 4 nitrogen and oxygen atoms in total. The largest absolute Gasteiger partial charge is 0.368 e. The molecule has 116 valence electrons. The van der Waals surface area contributed by atoms with Crippen molar-refractivity contribution >= 4 is 5.91 Å². The standard InChI is InChI=1S/C16H30N2O2/c1-13-2-4-14(5-3-13)6-11-18-16(19)12-20-15-7-9-17-10-8-15/h13-15,17H,2-12H2,1H3,(H,18,19). The Bertz CT molecular complexity index is 282. The molecule has 1 amide bonds. The zero-order valence-corrected chi connectivity index (χ0v) is 12.8. The fraction of sp³-hybridized carbons (Fsp3) is 0.938.